The second-order valence-electron chi connectivity index (χ2n) is 6.47. The lowest BCUT2D eigenvalue weighted by Crippen LogP contribution is -2.43. The summed E-state index contributed by atoms with van der Waals surface area (Å²) in [4.78, 5) is 38.8. The molecule has 0 radical (unpaired) electrons. The van der Waals surface area contributed by atoms with Crippen molar-refractivity contribution < 1.29 is 14.4 Å². The van der Waals surface area contributed by atoms with Gasteiger partial charge in [-0.15, -0.1) is 0 Å². The number of rotatable bonds is 8. The standard InChI is InChI=1S/C19H26N2O3/c1-4-11-21(12-5-2)18(24)19(9-10-19)17(23)20-16-8-6-7-15(13-16)14(3)22/h6-8,13H,4-5,9-12H2,1-3H3,(H,20,23). The lowest BCUT2D eigenvalue weighted by atomic mass is 10.0. The summed E-state index contributed by atoms with van der Waals surface area (Å²) in [6, 6.07) is 6.83. The van der Waals surface area contributed by atoms with Crippen molar-refractivity contribution in [3.63, 3.8) is 0 Å². The predicted molar refractivity (Wildman–Crippen MR) is 93.9 cm³/mol. The number of carbonyl (C=O) groups excluding carboxylic acids is 3. The fraction of sp³-hybridized carbons (Fsp3) is 0.526. The molecule has 1 aliphatic carbocycles. The molecule has 1 aliphatic rings. The van der Waals surface area contributed by atoms with Gasteiger partial charge >= 0.3 is 0 Å². The van der Waals surface area contributed by atoms with E-state index < -0.39 is 5.41 Å². The third kappa shape index (κ3) is 3.83. The fourth-order valence-electron chi connectivity index (χ4n) is 2.89. The smallest absolute Gasteiger partial charge is 0.240 e. The Balaban J connectivity index is 2.12. The molecule has 0 aromatic heterocycles. The second-order valence-corrected chi connectivity index (χ2v) is 6.47. The zero-order valence-corrected chi connectivity index (χ0v) is 14.7. The van der Waals surface area contributed by atoms with Crippen molar-refractivity contribution in [2.75, 3.05) is 18.4 Å². The molecule has 1 N–H and O–H groups in total. The number of nitrogens with zero attached hydrogens (tertiary/aromatic N) is 1. The van der Waals surface area contributed by atoms with Gasteiger partial charge in [0.15, 0.2) is 5.78 Å². The summed E-state index contributed by atoms with van der Waals surface area (Å²) in [5.74, 6) is -0.378. The van der Waals surface area contributed by atoms with E-state index in [-0.39, 0.29) is 17.6 Å². The number of nitrogens with one attached hydrogen (secondary N) is 1. The number of carbonyl (C=O) groups is 3. The number of Topliss-reactive ketones (excluding diaryl/α,β-unsaturated/α-hetero) is 1. The van der Waals surface area contributed by atoms with Crippen molar-refractivity contribution in [3.8, 4) is 0 Å². The zero-order chi connectivity index (χ0) is 17.7. The summed E-state index contributed by atoms with van der Waals surface area (Å²) in [5, 5.41) is 2.82. The van der Waals surface area contributed by atoms with E-state index in [1.807, 2.05) is 13.8 Å². The van der Waals surface area contributed by atoms with Crippen LogP contribution in [0, 0.1) is 5.41 Å². The number of amides is 2. The maximum absolute atomic E-state index is 12.8. The van der Waals surface area contributed by atoms with Gasteiger partial charge in [-0.1, -0.05) is 26.0 Å². The molecular weight excluding hydrogens is 304 g/mol. The molecule has 0 aliphatic heterocycles. The average molecular weight is 330 g/mol. The molecule has 1 fully saturated rings. The summed E-state index contributed by atoms with van der Waals surface area (Å²) < 4.78 is 0. The minimum absolute atomic E-state index is 0.0552. The highest BCUT2D eigenvalue weighted by molar-refractivity contribution is 6.13. The summed E-state index contributed by atoms with van der Waals surface area (Å²) in [7, 11) is 0. The van der Waals surface area contributed by atoms with Crippen LogP contribution in [0.1, 0.15) is 56.8 Å². The lowest BCUT2D eigenvalue weighted by Gasteiger charge is -2.26. The summed E-state index contributed by atoms with van der Waals surface area (Å²) in [6.45, 7) is 6.91. The molecule has 1 aromatic rings. The first-order chi connectivity index (χ1) is 11.4. The van der Waals surface area contributed by atoms with Crippen molar-refractivity contribution in [1.82, 2.24) is 4.90 Å². The van der Waals surface area contributed by atoms with Gasteiger partial charge in [0.05, 0.1) is 0 Å². The van der Waals surface area contributed by atoms with Gasteiger partial charge in [0.25, 0.3) is 0 Å². The first-order valence-electron chi connectivity index (χ1n) is 8.66. The Morgan fingerprint density at radius 3 is 2.25 bits per heavy atom. The summed E-state index contributed by atoms with van der Waals surface area (Å²) in [6.07, 6.45) is 2.94. The fourth-order valence-corrected chi connectivity index (χ4v) is 2.89. The van der Waals surface area contributed by atoms with Crippen molar-refractivity contribution >= 4 is 23.3 Å². The zero-order valence-electron chi connectivity index (χ0n) is 14.7. The Morgan fingerprint density at radius 2 is 1.75 bits per heavy atom. The number of ketones is 1. The van der Waals surface area contributed by atoms with Gasteiger partial charge in [0, 0.05) is 24.3 Å². The van der Waals surface area contributed by atoms with E-state index in [2.05, 4.69) is 5.32 Å². The Morgan fingerprint density at radius 1 is 1.12 bits per heavy atom. The quantitative estimate of drug-likeness (QED) is 0.588. The van der Waals surface area contributed by atoms with E-state index in [9.17, 15) is 14.4 Å². The minimum Gasteiger partial charge on any atom is -0.342 e. The van der Waals surface area contributed by atoms with Crippen molar-refractivity contribution in [1.29, 1.82) is 0 Å². The van der Waals surface area contributed by atoms with Gasteiger partial charge in [0.2, 0.25) is 11.8 Å². The number of hydrogen-bond acceptors (Lipinski definition) is 3. The molecule has 5 heteroatoms. The van der Waals surface area contributed by atoms with Crippen LogP contribution < -0.4 is 5.32 Å². The molecule has 0 bridgehead atoms. The Labute approximate surface area is 143 Å². The number of benzene rings is 1. The third-order valence-corrected chi connectivity index (χ3v) is 4.40. The molecule has 24 heavy (non-hydrogen) atoms. The van der Waals surface area contributed by atoms with E-state index in [1.165, 1.54) is 6.92 Å². The first kappa shape index (κ1) is 18.2. The molecule has 0 spiro atoms. The lowest BCUT2D eigenvalue weighted by molar-refractivity contribution is -0.142. The van der Waals surface area contributed by atoms with Crippen LogP contribution in [0.2, 0.25) is 0 Å². The van der Waals surface area contributed by atoms with E-state index in [0.717, 1.165) is 12.8 Å². The van der Waals surface area contributed by atoms with E-state index in [1.54, 1.807) is 29.2 Å². The summed E-state index contributed by atoms with van der Waals surface area (Å²) >= 11 is 0. The van der Waals surface area contributed by atoms with Crippen LogP contribution in [-0.4, -0.2) is 35.6 Å². The number of anilines is 1. The summed E-state index contributed by atoms with van der Waals surface area (Å²) in [5.41, 5.74) is 0.184. The molecule has 0 heterocycles. The van der Waals surface area contributed by atoms with Gasteiger partial charge < -0.3 is 10.2 Å². The van der Waals surface area contributed by atoms with Crippen LogP contribution in [0.15, 0.2) is 24.3 Å². The molecule has 0 atom stereocenters. The highest BCUT2D eigenvalue weighted by atomic mass is 16.2. The highest BCUT2D eigenvalue weighted by Crippen LogP contribution is 2.48. The van der Waals surface area contributed by atoms with E-state index >= 15 is 0 Å². The van der Waals surface area contributed by atoms with Gasteiger partial charge in [0.1, 0.15) is 5.41 Å². The largest absolute Gasteiger partial charge is 0.342 e. The van der Waals surface area contributed by atoms with Crippen molar-refractivity contribution in [3.05, 3.63) is 29.8 Å². The predicted octanol–water partition coefficient (Wildman–Crippen LogP) is 3.26. The molecular formula is C19H26N2O3. The third-order valence-electron chi connectivity index (χ3n) is 4.40. The molecule has 1 saturated carbocycles. The van der Waals surface area contributed by atoms with Gasteiger partial charge in [-0.25, -0.2) is 0 Å². The molecule has 130 valence electrons. The molecule has 0 unspecified atom stereocenters. The van der Waals surface area contributed by atoms with Gasteiger partial charge in [-0.05, 0) is 44.7 Å². The second kappa shape index (κ2) is 7.60. The maximum Gasteiger partial charge on any atom is 0.240 e. The van der Waals surface area contributed by atoms with Crippen LogP contribution >= 0.6 is 0 Å². The van der Waals surface area contributed by atoms with Crippen molar-refractivity contribution in [2.24, 2.45) is 5.41 Å². The molecule has 2 rings (SSSR count). The van der Waals surface area contributed by atoms with E-state index in [0.29, 0.717) is 37.2 Å². The SMILES string of the molecule is CCCN(CCC)C(=O)C1(C(=O)Nc2cccc(C(C)=O)c2)CC1. The van der Waals surface area contributed by atoms with Crippen molar-refractivity contribution in [2.45, 2.75) is 46.5 Å². The molecule has 1 aromatic carbocycles. The minimum atomic E-state index is -0.920. The Hall–Kier alpha value is -2.17. The van der Waals surface area contributed by atoms with Gasteiger partial charge in [-0.3, -0.25) is 14.4 Å². The monoisotopic (exact) mass is 330 g/mol. The Bertz CT molecular complexity index is 629. The van der Waals surface area contributed by atoms with Crippen LogP contribution in [0.3, 0.4) is 0 Å². The molecule has 2 amide bonds. The molecule has 0 saturated heterocycles. The maximum atomic E-state index is 12.8. The van der Waals surface area contributed by atoms with Gasteiger partial charge in [-0.2, -0.15) is 0 Å². The van der Waals surface area contributed by atoms with Crippen LogP contribution in [0.4, 0.5) is 5.69 Å². The van der Waals surface area contributed by atoms with Crippen LogP contribution in [0.25, 0.3) is 0 Å². The average Bonchev–Trinajstić information content (AvgIpc) is 3.36. The normalized spacial score (nSPS) is 14.8. The Kier molecular flexibility index (Phi) is 5.75. The van der Waals surface area contributed by atoms with E-state index in [4.69, 9.17) is 0 Å². The highest BCUT2D eigenvalue weighted by Gasteiger charge is 2.57. The van der Waals surface area contributed by atoms with Crippen LogP contribution in [-0.2, 0) is 9.59 Å². The topological polar surface area (TPSA) is 66.5 Å². The first-order valence-corrected chi connectivity index (χ1v) is 8.66. The van der Waals surface area contributed by atoms with Crippen LogP contribution in [0.5, 0.6) is 0 Å². The molecule has 5 nitrogen and oxygen atoms in total. The number of hydrogen-bond donors (Lipinski definition) is 1.